The lowest BCUT2D eigenvalue weighted by Gasteiger charge is -2.32. The van der Waals surface area contributed by atoms with Crippen LogP contribution in [0.5, 0.6) is 0 Å². The Morgan fingerprint density at radius 2 is 1.82 bits per heavy atom. The topological polar surface area (TPSA) is 73.8 Å². The number of thiazole rings is 1. The van der Waals surface area contributed by atoms with Crippen molar-refractivity contribution in [3.63, 3.8) is 0 Å². The van der Waals surface area contributed by atoms with Crippen molar-refractivity contribution in [2.45, 2.75) is 55.9 Å². The minimum Gasteiger partial charge on any atom is -0.302 e. The molecule has 1 unspecified atom stereocenters. The molecule has 1 fully saturated rings. The number of hydrogen-bond acceptors (Lipinski definition) is 7. The van der Waals surface area contributed by atoms with Gasteiger partial charge in [-0.1, -0.05) is 31.6 Å². The molecule has 1 aromatic heterocycles. The minimum atomic E-state index is -3.59. The third-order valence-electron chi connectivity index (χ3n) is 7.04. The maximum Gasteiger partial charge on any atom is 0.260 e. The first-order chi connectivity index (χ1) is 17.8. The lowest BCUT2D eigenvalue weighted by atomic mass is 10.1. The van der Waals surface area contributed by atoms with E-state index in [2.05, 4.69) is 24.8 Å². The van der Waals surface area contributed by atoms with E-state index in [0.717, 1.165) is 54.0 Å². The number of sulfonamides is 1. The van der Waals surface area contributed by atoms with Crippen molar-refractivity contribution in [2.75, 3.05) is 43.9 Å². The van der Waals surface area contributed by atoms with E-state index < -0.39 is 10.0 Å². The minimum absolute atomic E-state index is 0. The van der Waals surface area contributed by atoms with Crippen LogP contribution < -0.4 is 4.90 Å². The molecular formula is C27H37ClN4O3S3. The van der Waals surface area contributed by atoms with E-state index in [0.29, 0.717) is 23.8 Å². The van der Waals surface area contributed by atoms with Gasteiger partial charge in [-0.15, -0.1) is 24.2 Å². The van der Waals surface area contributed by atoms with Gasteiger partial charge in [0.1, 0.15) is 0 Å². The number of nitrogens with zero attached hydrogens (tertiary/aromatic N) is 4. The van der Waals surface area contributed by atoms with Gasteiger partial charge in [0.05, 0.1) is 15.1 Å². The smallest absolute Gasteiger partial charge is 0.260 e. The fraction of sp³-hybridized carbons (Fsp3) is 0.481. The van der Waals surface area contributed by atoms with Gasteiger partial charge in [0.25, 0.3) is 5.91 Å². The summed E-state index contributed by atoms with van der Waals surface area (Å²) in [7, 11) is -3.59. The summed E-state index contributed by atoms with van der Waals surface area (Å²) in [6, 6.07) is 12.5. The molecule has 4 rings (SSSR count). The molecule has 7 nitrogen and oxygen atoms in total. The van der Waals surface area contributed by atoms with Gasteiger partial charge in [-0.2, -0.15) is 4.31 Å². The SMILES string of the molecule is CCN(CC)CCN(C(=O)c1ccc(S(=O)(=O)N2CCCCC2C)cc1)c1nc2ccc(SC)cc2s1.Cl. The van der Waals surface area contributed by atoms with Gasteiger partial charge in [-0.3, -0.25) is 9.69 Å². The summed E-state index contributed by atoms with van der Waals surface area (Å²) < 4.78 is 29.1. The first kappa shape index (κ1) is 30.8. The number of fused-ring (bicyclic) bond motifs is 1. The van der Waals surface area contributed by atoms with Crippen molar-refractivity contribution < 1.29 is 13.2 Å². The van der Waals surface area contributed by atoms with Crippen LogP contribution in [0.15, 0.2) is 52.3 Å². The Hall–Kier alpha value is -1.69. The maximum absolute atomic E-state index is 13.8. The largest absolute Gasteiger partial charge is 0.302 e. The zero-order valence-electron chi connectivity index (χ0n) is 22.4. The van der Waals surface area contributed by atoms with E-state index in [9.17, 15) is 13.2 Å². The standard InChI is InChI=1S/C27H36N4O3S3.ClH/c1-5-29(6-2)17-18-30(27-28-24-15-12-22(35-4)19-25(24)36-27)26(32)21-10-13-23(14-11-21)37(33,34)31-16-8-7-9-20(31)3;/h10-15,19-20H,5-9,16-18H2,1-4H3;1H. The van der Waals surface area contributed by atoms with Crippen LogP contribution in [0.2, 0.25) is 0 Å². The van der Waals surface area contributed by atoms with Gasteiger partial charge in [-0.05, 0) is 81.6 Å². The summed E-state index contributed by atoms with van der Waals surface area (Å²) in [5.41, 5.74) is 1.32. The van der Waals surface area contributed by atoms with Crippen LogP contribution in [-0.4, -0.2) is 73.5 Å². The first-order valence-electron chi connectivity index (χ1n) is 12.9. The van der Waals surface area contributed by atoms with E-state index in [1.54, 1.807) is 45.2 Å². The van der Waals surface area contributed by atoms with E-state index in [4.69, 9.17) is 4.98 Å². The Morgan fingerprint density at radius 3 is 2.45 bits per heavy atom. The number of rotatable bonds is 10. The van der Waals surface area contributed by atoms with Crippen molar-refractivity contribution in [1.82, 2.24) is 14.2 Å². The number of piperidine rings is 1. The molecule has 1 atom stereocenters. The molecule has 0 spiro atoms. The van der Waals surface area contributed by atoms with E-state index in [1.807, 2.05) is 25.3 Å². The zero-order valence-corrected chi connectivity index (χ0v) is 25.7. The van der Waals surface area contributed by atoms with E-state index >= 15 is 0 Å². The van der Waals surface area contributed by atoms with Gasteiger partial charge in [-0.25, -0.2) is 13.4 Å². The van der Waals surface area contributed by atoms with Crippen LogP contribution in [0.25, 0.3) is 10.2 Å². The van der Waals surface area contributed by atoms with Crippen LogP contribution in [0.1, 0.15) is 50.4 Å². The molecule has 1 saturated heterocycles. The van der Waals surface area contributed by atoms with Gasteiger partial charge in [0, 0.05) is 36.1 Å². The molecule has 1 aliphatic heterocycles. The van der Waals surface area contributed by atoms with Gasteiger partial charge in [0.15, 0.2) is 5.13 Å². The molecule has 0 N–H and O–H groups in total. The summed E-state index contributed by atoms with van der Waals surface area (Å²) in [4.78, 5) is 23.9. The average Bonchev–Trinajstić information content (AvgIpc) is 3.34. The zero-order chi connectivity index (χ0) is 26.6. The van der Waals surface area contributed by atoms with Crippen molar-refractivity contribution in [3.05, 3.63) is 48.0 Å². The number of likely N-dealkylation sites (N-methyl/N-ethyl adjacent to an activating group) is 1. The molecule has 1 amide bonds. The molecule has 0 bridgehead atoms. The van der Waals surface area contributed by atoms with Crippen LogP contribution in [0, 0.1) is 0 Å². The summed E-state index contributed by atoms with van der Waals surface area (Å²) in [5.74, 6) is -0.174. The predicted octanol–water partition coefficient (Wildman–Crippen LogP) is 5.99. The highest BCUT2D eigenvalue weighted by atomic mass is 35.5. The molecule has 0 radical (unpaired) electrons. The Bertz CT molecular complexity index is 1330. The van der Waals surface area contributed by atoms with Gasteiger partial charge >= 0.3 is 0 Å². The normalized spacial score (nSPS) is 16.5. The number of amides is 1. The number of carbonyl (C=O) groups excluding carboxylic acids is 1. The van der Waals surface area contributed by atoms with Gasteiger partial charge in [0.2, 0.25) is 10.0 Å². The monoisotopic (exact) mass is 596 g/mol. The number of carbonyl (C=O) groups is 1. The summed E-state index contributed by atoms with van der Waals surface area (Å²) >= 11 is 3.19. The lowest BCUT2D eigenvalue weighted by molar-refractivity contribution is 0.0983. The molecule has 0 aliphatic carbocycles. The fourth-order valence-corrected chi connectivity index (χ4v) is 7.93. The third-order valence-corrected chi connectivity index (χ3v) is 10.8. The van der Waals surface area contributed by atoms with E-state index in [-0.39, 0.29) is 29.3 Å². The fourth-order valence-electron chi connectivity index (χ4n) is 4.69. The highest BCUT2D eigenvalue weighted by Gasteiger charge is 2.31. The maximum atomic E-state index is 13.8. The second-order valence-corrected chi connectivity index (χ2v) is 13.1. The van der Waals surface area contributed by atoms with E-state index in [1.165, 1.54) is 11.3 Å². The summed E-state index contributed by atoms with van der Waals surface area (Å²) in [6.07, 6.45) is 4.84. The molecule has 38 heavy (non-hydrogen) atoms. The Kier molecular flexibility index (Phi) is 11.0. The summed E-state index contributed by atoms with van der Waals surface area (Å²) in [5, 5.41) is 0.657. The summed E-state index contributed by atoms with van der Waals surface area (Å²) in [6.45, 7) is 9.75. The number of anilines is 1. The number of aromatic nitrogens is 1. The van der Waals surface area contributed by atoms with Crippen molar-refractivity contribution >= 4 is 66.8 Å². The third kappa shape index (κ3) is 6.71. The van der Waals surface area contributed by atoms with Crippen LogP contribution in [0.4, 0.5) is 5.13 Å². The molecule has 1 aliphatic rings. The Labute approximate surface area is 241 Å². The molecule has 2 heterocycles. The lowest BCUT2D eigenvalue weighted by Crippen LogP contribution is -2.42. The predicted molar refractivity (Wildman–Crippen MR) is 162 cm³/mol. The number of benzene rings is 2. The Balaban J connectivity index is 0.00000400. The quantitative estimate of drug-likeness (QED) is 0.268. The number of thioether (sulfide) groups is 1. The second kappa shape index (κ2) is 13.6. The molecule has 2 aromatic carbocycles. The number of halogens is 1. The molecule has 3 aromatic rings. The highest BCUT2D eigenvalue weighted by molar-refractivity contribution is 7.98. The highest BCUT2D eigenvalue weighted by Crippen LogP contribution is 2.32. The van der Waals surface area contributed by atoms with Crippen molar-refractivity contribution in [2.24, 2.45) is 0 Å². The average molecular weight is 597 g/mol. The molecule has 208 valence electrons. The molecule has 0 saturated carbocycles. The van der Waals surface area contributed by atoms with Crippen molar-refractivity contribution in [1.29, 1.82) is 0 Å². The molecular weight excluding hydrogens is 560 g/mol. The van der Waals surface area contributed by atoms with Crippen molar-refractivity contribution in [3.8, 4) is 0 Å². The van der Waals surface area contributed by atoms with Crippen LogP contribution in [-0.2, 0) is 10.0 Å². The molecule has 11 heteroatoms. The van der Waals surface area contributed by atoms with Crippen LogP contribution in [0.3, 0.4) is 0 Å². The Morgan fingerprint density at radius 1 is 1.11 bits per heavy atom. The second-order valence-electron chi connectivity index (χ2n) is 9.30. The number of hydrogen-bond donors (Lipinski definition) is 0. The van der Waals surface area contributed by atoms with Gasteiger partial charge < -0.3 is 4.90 Å². The van der Waals surface area contributed by atoms with Crippen LogP contribution >= 0.6 is 35.5 Å². The first-order valence-corrected chi connectivity index (χ1v) is 16.4.